The van der Waals surface area contributed by atoms with E-state index in [1.54, 1.807) is 0 Å². The Morgan fingerprint density at radius 1 is 1.26 bits per heavy atom. The quantitative estimate of drug-likeness (QED) is 0.727. The van der Waals surface area contributed by atoms with Crippen molar-refractivity contribution in [3.63, 3.8) is 0 Å². The molecule has 0 saturated carbocycles. The first-order chi connectivity index (χ1) is 13.1. The Labute approximate surface area is 162 Å². The van der Waals surface area contributed by atoms with Crippen LogP contribution < -0.4 is 5.32 Å². The predicted molar refractivity (Wildman–Crippen MR) is 107 cm³/mol. The molecule has 1 atom stereocenters. The van der Waals surface area contributed by atoms with Gasteiger partial charge >= 0.3 is 5.97 Å². The number of benzene rings is 2. The molecule has 0 fully saturated rings. The smallest absolute Gasteiger partial charge is 0.313 e. The molecule has 5 rings (SSSR count). The van der Waals surface area contributed by atoms with E-state index in [0.29, 0.717) is 6.54 Å². The summed E-state index contributed by atoms with van der Waals surface area (Å²) in [5, 5.41) is 15.1. The van der Waals surface area contributed by atoms with Crippen LogP contribution in [0.15, 0.2) is 36.4 Å². The molecule has 5 heteroatoms. The molecule has 2 N–H and O–H groups in total. The maximum Gasteiger partial charge on any atom is 0.313 e. The molecule has 2 aliphatic rings. The zero-order valence-electron chi connectivity index (χ0n) is 15.0. The van der Waals surface area contributed by atoms with Gasteiger partial charge < -0.3 is 15.0 Å². The van der Waals surface area contributed by atoms with Crippen LogP contribution in [0.4, 0.5) is 0 Å². The third-order valence-corrected chi connectivity index (χ3v) is 6.30. The third kappa shape index (κ3) is 2.59. The molecule has 4 nitrogen and oxygen atoms in total. The highest BCUT2D eigenvalue weighted by Crippen LogP contribution is 2.43. The van der Waals surface area contributed by atoms with Crippen molar-refractivity contribution < 1.29 is 9.90 Å². The van der Waals surface area contributed by atoms with Crippen LogP contribution >= 0.6 is 11.6 Å². The second kappa shape index (κ2) is 6.39. The number of carboxylic acid groups (broad SMARTS) is 1. The summed E-state index contributed by atoms with van der Waals surface area (Å²) in [5.41, 5.74) is 6.97. The first-order valence-corrected chi connectivity index (χ1v) is 9.85. The van der Waals surface area contributed by atoms with Gasteiger partial charge in [0.15, 0.2) is 0 Å². The van der Waals surface area contributed by atoms with E-state index < -0.39 is 11.9 Å². The van der Waals surface area contributed by atoms with Crippen molar-refractivity contribution >= 4 is 28.5 Å². The minimum absolute atomic E-state index is 0.482. The fourth-order valence-corrected chi connectivity index (χ4v) is 5.11. The van der Waals surface area contributed by atoms with E-state index in [9.17, 15) is 9.90 Å². The van der Waals surface area contributed by atoms with Crippen LogP contribution in [0.3, 0.4) is 0 Å². The van der Waals surface area contributed by atoms with Gasteiger partial charge in [0, 0.05) is 29.2 Å². The Kier molecular flexibility index (Phi) is 3.99. The van der Waals surface area contributed by atoms with Crippen molar-refractivity contribution in [1.29, 1.82) is 0 Å². The molecule has 2 aliphatic heterocycles. The third-order valence-electron chi connectivity index (χ3n) is 5.96. The number of rotatable bonds is 3. The number of aromatic nitrogens is 1. The van der Waals surface area contributed by atoms with Crippen molar-refractivity contribution in [2.45, 2.75) is 31.7 Å². The van der Waals surface area contributed by atoms with Crippen LogP contribution in [0.2, 0.25) is 5.02 Å². The topological polar surface area (TPSA) is 54.3 Å². The molecule has 0 saturated heterocycles. The summed E-state index contributed by atoms with van der Waals surface area (Å²) in [5.74, 6) is -1.27. The van der Waals surface area contributed by atoms with E-state index in [1.807, 2.05) is 18.2 Å². The van der Waals surface area contributed by atoms with Crippen molar-refractivity contribution in [2.24, 2.45) is 0 Å². The molecule has 1 aromatic heterocycles. The van der Waals surface area contributed by atoms with Crippen LogP contribution in [-0.2, 0) is 30.6 Å². The summed E-state index contributed by atoms with van der Waals surface area (Å²) in [4.78, 5) is 12.0. The van der Waals surface area contributed by atoms with Crippen LogP contribution in [0.1, 0.15) is 33.9 Å². The van der Waals surface area contributed by atoms with Crippen LogP contribution in [-0.4, -0.2) is 28.7 Å². The van der Waals surface area contributed by atoms with Gasteiger partial charge in [0.1, 0.15) is 5.92 Å². The maximum atomic E-state index is 12.0. The molecular formula is C22H21ClN2O2. The van der Waals surface area contributed by atoms with Gasteiger partial charge in [-0.3, -0.25) is 4.79 Å². The maximum absolute atomic E-state index is 12.0. The Morgan fingerprint density at radius 3 is 2.85 bits per heavy atom. The number of carbonyl (C=O) groups is 1. The number of carboxylic acids is 1. The minimum atomic E-state index is -0.756. The van der Waals surface area contributed by atoms with E-state index in [1.165, 1.54) is 27.6 Å². The van der Waals surface area contributed by atoms with Gasteiger partial charge in [-0.05, 0) is 54.1 Å². The highest BCUT2D eigenvalue weighted by atomic mass is 35.5. The van der Waals surface area contributed by atoms with Crippen LogP contribution in [0, 0.1) is 0 Å². The number of hydrogen-bond donors (Lipinski definition) is 2. The van der Waals surface area contributed by atoms with Crippen molar-refractivity contribution in [3.05, 3.63) is 69.4 Å². The molecule has 0 bridgehead atoms. The molecule has 27 heavy (non-hydrogen) atoms. The molecule has 0 spiro atoms. The number of aryl methyl sites for hydroxylation is 2. The lowest BCUT2D eigenvalue weighted by atomic mass is 9.93. The summed E-state index contributed by atoms with van der Waals surface area (Å²) < 4.78 is 2.26. The molecule has 0 radical (unpaired) electrons. The molecule has 138 valence electrons. The monoisotopic (exact) mass is 380 g/mol. The lowest BCUT2D eigenvalue weighted by Gasteiger charge is -2.14. The summed E-state index contributed by atoms with van der Waals surface area (Å²) in [6, 6.07) is 12.4. The fourth-order valence-electron chi connectivity index (χ4n) is 4.82. The van der Waals surface area contributed by atoms with Gasteiger partial charge in [-0.25, -0.2) is 0 Å². The van der Waals surface area contributed by atoms with Crippen molar-refractivity contribution in [1.82, 2.24) is 9.88 Å². The molecule has 3 heterocycles. The van der Waals surface area contributed by atoms with Gasteiger partial charge in [-0.1, -0.05) is 41.9 Å². The summed E-state index contributed by atoms with van der Waals surface area (Å²) in [6.07, 6.45) is 2.52. The van der Waals surface area contributed by atoms with E-state index in [0.717, 1.165) is 48.6 Å². The molecule has 0 amide bonds. The zero-order valence-corrected chi connectivity index (χ0v) is 15.7. The Hall–Kier alpha value is -2.30. The summed E-state index contributed by atoms with van der Waals surface area (Å²) in [7, 11) is 0. The lowest BCUT2D eigenvalue weighted by molar-refractivity contribution is -0.138. The van der Waals surface area contributed by atoms with Crippen molar-refractivity contribution in [2.75, 3.05) is 13.1 Å². The molecule has 2 aromatic carbocycles. The average Bonchev–Trinajstić information content (AvgIpc) is 3.11. The SMILES string of the molecule is O=C(O)C1CNCCc2c1n1c3c(cc(Cl)c(Cc4ccccc4)c23)CC1. The number of fused-ring (bicyclic) bond motifs is 3. The first-order valence-electron chi connectivity index (χ1n) is 9.48. The molecule has 1 unspecified atom stereocenters. The van der Waals surface area contributed by atoms with E-state index in [-0.39, 0.29) is 0 Å². The number of nitrogens with zero attached hydrogens (tertiary/aromatic N) is 1. The highest BCUT2D eigenvalue weighted by molar-refractivity contribution is 6.32. The first kappa shape index (κ1) is 16.8. The van der Waals surface area contributed by atoms with E-state index in [2.05, 4.69) is 28.1 Å². The number of nitrogens with one attached hydrogen (secondary N) is 1. The molecule has 0 aliphatic carbocycles. The Bertz CT molecular complexity index is 1060. The van der Waals surface area contributed by atoms with Gasteiger partial charge in [-0.15, -0.1) is 0 Å². The molecule has 3 aromatic rings. The van der Waals surface area contributed by atoms with Crippen LogP contribution in [0.5, 0.6) is 0 Å². The standard InChI is InChI=1S/C22H21ClN2O2/c23-18-11-14-7-9-25-20(14)19(16(18)10-13-4-2-1-3-5-13)15-6-8-24-12-17(21(15)25)22(26)27/h1-5,11,17,24H,6-10,12H2,(H,26,27). The van der Waals surface area contributed by atoms with Gasteiger partial charge in [0.2, 0.25) is 0 Å². The fraction of sp³-hybridized carbons (Fsp3) is 0.318. The molecular weight excluding hydrogens is 360 g/mol. The number of aliphatic carboxylic acids is 1. The summed E-state index contributed by atoms with van der Waals surface area (Å²) in [6.45, 7) is 2.12. The number of hydrogen-bond acceptors (Lipinski definition) is 2. The van der Waals surface area contributed by atoms with Gasteiger partial charge in [-0.2, -0.15) is 0 Å². The van der Waals surface area contributed by atoms with Crippen LogP contribution in [0.25, 0.3) is 10.9 Å². The zero-order chi connectivity index (χ0) is 18.5. The highest BCUT2D eigenvalue weighted by Gasteiger charge is 2.34. The lowest BCUT2D eigenvalue weighted by Crippen LogP contribution is -2.26. The van der Waals surface area contributed by atoms with E-state index in [4.69, 9.17) is 11.6 Å². The minimum Gasteiger partial charge on any atom is -0.481 e. The average molecular weight is 381 g/mol. The second-order valence-electron chi connectivity index (χ2n) is 7.49. The van der Waals surface area contributed by atoms with Crippen molar-refractivity contribution in [3.8, 4) is 0 Å². The number of halogens is 1. The largest absolute Gasteiger partial charge is 0.481 e. The predicted octanol–water partition coefficient (Wildman–Crippen LogP) is 3.76. The van der Waals surface area contributed by atoms with Gasteiger partial charge in [0.05, 0.1) is 5.52 Å². The Balaban J connectivity index is 1.80. The van der Waals surface area contributed by atoms with E-state index >= 15 is 0 Å². The second-order valence-corrected chi connectivity index (χ2v) is 7.90. The summed E-state index contributed by atoms with van der Waals surface area (Å²) >= 11 is 6.76. The van der Waals surface area contributed by atoms with Gasteiger partial charge in [0.25, 0.3) is 0 Å². The Morgan fingerprint density at radius 2 is 2.07 bits per heavy atom. The normalized spacial score (nSPS) is 18.5.